The van der Waals surface area contributed by atoms with E-state index in [1.54, 1.807) is 0 Å². The van der Waals surface area contributed by atoms with Crippen molar-refractivity contribution in [3.05, 3.63) is 65.7 Å². The second-order valence-corrected chi connectivity index (χ2v) is 12.0. The van der Waals surface area contributed by atoms with Crippen LogP contribution in [0.3, 0.4) is 0 Å². The lowest BCUT2D eigenvalue weighted by Crippen LogP contribution is -2.44. The van der Waals surface area contributed by atoms with Gasteiger partial charge in [-0.2, -0.15) is 0 Å². The number of ether oxygens (including phenoxy) is 2. The van der Waals surface area contributed by atoms with Gasteiger partial charge in [0.05, 0.1) is 20.6 Å². The molecular formula is C35H56NO3+. The van der Waals surface area contributed by atoms with E-state index in [-0.39, 0.29) is 11.9 Å². The Hall–Kier alpha value is -2.33. The van der Waals surface area contributed by atoms with Crippen molar-refractivity contribution in [3.8, 4) is 5.75 Å². The van der Waals surface area contributed by atoms with Gasteiger partial charge in [-0.1, -0.05) is 121 Å². The Balaban J connectivity index is 1.70. The number of quaternary nitrogens is 1. The molecule has 0 aliphatic rings. The monoisotopic (exact) mass is 538 g/mol. The minimum absolute atomic E-state index is 0.196. The molecule has 218 valence electrons. The maximum Gasteiger partial charge on any atom is 0.317 e. The number of unbranched alkanes of at least 4 members (excludes halogenated alkanes) is 10. The van der Waals surface area contributed by atoms with Gasteiger partial charge in [-0.25, -0.2) is 0 Å². The van der Waals surface area contributed by atoms with Crippen molar-refractivity contribution < 1.29 is 18.8 Å². The fourth-order valence-corrected chi connectivity index (χ4v) is 5.31. The Labute approximate surface area is 239 Å². The molecule has 2 aromatic carbocycles. The molecule has 0 fully saturated rings. The van der Waals surface area contributed by atoms with Crippen molar-refractivity contribution in [2.24, 2.45) is 5.92 Å². The third-order valence-electron chi connectivity index (χ3n) is 7.44. The number of aryl methyl sites for hydroxylation is 1. The third kappa shape index (κ3) is 14.6. The first kappa shape index (κ1) is 32.9. The number of carbonyl (C=O) groups is 1. The van der Waals surface area contributed by atoms with Crippen LogP contribution >= 0.6 is 0 Å². The molecule has 0 aromatic heterocycles. The Kier molecular flexibility index (Phi) is 15.9. The minimum atomic E-state index is -0.568. The summed E-state index contributed by atoms with van der Waals surface area (Å²) in [7, 11) is 4.32. The lowest BCUT2D eigenvalue weighted by Gasteiger charge is -2.32. The average molecular weight is 539 g/mol. The van der Waals surface area contributed by atoms with E-state index in [2.05, 4.69) is 57.4 Å². The Morgan fingerprint density at radius 1 is 0.769 bits per heavy atom. The van der Waals surface area contributed by atoms with Crippen molar-refractivity contribution >= 4 is 5.97 Å². The fourth-order valence-electron chi connectivity index (χ4n) is 5.31. The van der Waals surface area contributed by atoms with Gasteiger partial charge in [0.2, 0.25) is 6.29 Å². The highest BCUT2D eigenvalue weighted by Crippen LogP contribution is 2.20. The molecule has 4 heteroatoms. The van der Waals surface area contributed by atoms with Gasteiger partial charge in [-0.15, -0.1) is 0 Å². The highest BCUT2D eigenvalue weighted by molar-refractivity contribution is 5.72. The van der Waals surface area contributed by atoms with Crippen LogP contribution in [0.2, 0.25) is 0 Å². The molecule has 2 atom stereocenters. The minimum Gasteiger partial charge on any atom is -0.455 e. The zero-order valence-corrected chi connectivity index (χ0v) is 25.6. The normalized spacial score (nSPS) is 13.2. The number of hydrogen-bond donors (Lipinski definition) is 0. The summed E-state index contributed by atoms with van der Waals surface area (Å²) >= 11 is 0. The number of nitrogens with zero attached hydrogens (tertiary/aromatic N) is 1. The number of carbonyl (C=O) groups excluding carboxylic acids is 1. The Morgan fingerprint density at radius 3 is 1.97 bits per heavy atom. The first-order valence-electron chi connectivity index (χ1n) is 15.6. The van der Waals surface area contributed by atoms with Gasteiger partial charge in [0, 0.05) is 12.0 Å². The van der Waals surface area contributed by atoms with Gasteiger partial charge < -0.3 is 14.0 Å². The molecule has 2 aromatic rings. The van der Waals surface area contributed by atoms with Crippen LogP contribution in [-0.2, 0) is 22.5 Å². The van der Waals surface area contributed by atoms with Crippen molar-refractivity contribution in [1.29, 1.82) is 0 Å². The zero-order valence-electron chi connectivity index (χ0n) is 25.6. The molecule has 2 unspecified atom stereocenters. The van der Waals surface area contributed by atoms with E-state index in [0.717, 1.165) is 23.2 Å². The first-order chi connectivity index (χ1) is 18.8. The molecule has 0 saturated heterocycles. The molecule has 0 aliphatic carbocycles. The molecule has 2 rings (SSSR count). The zero-order chi connectivity index (χ0) is 28.3. The Bertz CT molecular complexity index is 911. The molecule has 0 N–H and O–H groups in total. The molecular weight excluding hydrogens is 482 g/mol. The van der Waals surface area contributed by atoms with Gasteiger partial charge in [0.25, 0.3) is 0 Å². The predicted molar refractivity (Wildman–Crippen MR) is 164 cm³/mol. The van der Waals surface area contributed by atoms with Crippen LogP contribution in [0.4, 0.5) is 0 Å². The summed E-state index contributed by atoms with van der Waals surface area (Å²) in [5, 5.41) is 0. The van der Waals surface area contributed by atoms with Crippen LogP contribution < -0.4 is 4.74 Å². The van der Waals surface area contributed by atoms with Crippen LogP contribution in [-0.4, -0.2) is 37.4 Å². The molecule has 0 bridgehead atoms. The quantitative estimate of drug-likeness (QED) is 0.0688. The number of rotatable bonds is 21. The maximum atomic E-state index is 12.9. The summed E-state index contributed by atoms with van der Waals surface area (Å²) in [6.45, 7) is 7.80. The molecule has 0 saturated carbocycles. The lowest BCUT2D eigenvalue weighted by molar-refractivity contribution is -0.905. The summed E-state index contributed by atoms with van der Waals surface area (Å²) in [5.41, 5.74) is 2.56. The molecule has 0 radical (unpaired) electrons. The summed E-state index contributed by atoms with van der Waals surface area (Å²) in [5.74, 6) is 0.370. The summed E-state index contributed by atoms with van der Waals surface area (Å²) < 4.78 is 12.6. The van der Waals surface area contributed by atoms with Gasteiger partial charge in [0.1, 0.15) is 18.2 Å². The highest BCUT2D eigenvalue weighted by atomic mass is 16.7. The van der Waals surface area contributed by atoms with E-state index in [4.69, 9.17) is 9.47 Å². The van der Waals surface area contributed by atoms with Crippen LogP contribution in [0.5, 0.6) is 5.75 Å². The average Bonchev–Trinajstić information content (AvgIpc) is 2.91. The maximum absolute atomic E-state index is 12.9. The van der Waals surface area contributed by atoms with Crippen LogP contribution in [0.1, 0.15) is 109 Å². The van der Waals surface area contributed by atoms with Crippen molar-refractivity contribution in [1.82, 2.24) is 0 Å². The third-order valence-corrected chi connectivity index (χ3v) is 7.44. The standard InChI is InChI=1S/C35H56NO3/c1-6-8-9-10-11-12-13-14-15-16-18-22-31-25-21-26-33(27-31)38-34(7-2)39-35(37)30(3)28-36(4,5)29-32-23-19-17-20-24-32/h17,19-21,23-27,30,34H,6-16,18,22,28-29H2,1-5H3/q+1. The van der Waals surface area contributed by atoms with Gasteiger partial charge in [-0.05, 0) is 37.5 Å². The number of benzene rings is 2. The smallest absolute Gasteiger partial charge is 0.317 e. The van der Waals surface area contributed by atoms with E-state index in [1.165, 1.54) is 81.8 Å². The number of hydrogen-bond acceptors (Lipinski definition) is 3. The van der Waals surface area contributed by atoms with Crippen LogP contribution in [0.25, 0.3) is 0 Å². The summed E-state index contributed by atoms with van der Waals surface area (Å²) in [6, 6.07) is 18.7. The molecule has 0 spiro atoms. The first-order valence-corrected chi connectivity index (χ1v) is 15.6. The second kappa shape index (κ2) is 18.9. The summed E-state index contributed by atoms with van der Waals surface area (Å²) in [6.07, 6.45) is 16.0. The fraction of sp³-hybridized carbons (Fsp3) is 0.629. The SMILES string of the molecule is CCCCCCCCCCCCCc1cccc(OC(CC)OC(=O)C(C)C[N+](C)(C)Cc2ccccc2)c1. The van der Waals surface area contributed by atoms with E-state index >= 15 is 0 Å². The van der Waals surface area contributed by atoms with E-state index in [1.807, 2.05) is 32.0 Å². The van der Waals surface area contributed by atoms with Crippen molar-refractivity contribution in [2.45, 2.75) is 117 Å². The van der Waals surface area contributed by atoms with E-state index < -0.39 is 6.29 Å². The van der Waals surface area contributed by atoms with Crippen molar-refractivity contribution in [3.63, 3.8) is 0 Å². The molecule has 4 nitrogen and oxygen atoms in total. The van der Waals surface area contributed by atoms with Crippen molar-refractivity contribution in [2.75, 3.05) is 20.6 Å². The van der Waals surface area contributed by atoms with E-state index in [9.17, 15) is 4.79 Å². The van der Waals surface area contributed by atoms with E-state index in [0.29, 0.717) is 13.0 Å². The molecule has 0 amide bonds. The van der Waals surface area contributed by atoms with Crippen LogP contribution in [0.15, 0.2) is 54.6 Å². The van der Waals surface area contributed by atoms with Gasteiger partial charge in [-0.3, -0.25) is 4.79 Å². The largest absolute Gasteiger partial charge is 0.455 e. The molecule has 39 heavy (non-hydrogen) atoms. The second-order valence-electron chi connectivity index (χ2n) is 12.0. The highest BCUT2D eigenvalue weighted by Gasteiger charge is 2.27. The lowest BCUT2D eigenvalue weighted by atomic mass is 10.0. The Morgan fingerprint density at radius 2 is 1.36 bits per heavy atom. The predicted octanol–water partition coefficient (Wildman–Crippen LogP) is 9.11. The van der Waals surface area contributed by atoms with Crippen LogP contribution in [0, 0.1) is 5.92 Å². The summed E-state index contributed by atoms with van der Waals surface area (Å²) in [4.78, 5) is 12.9. The van der Waals surface area contributed by atoms with Gasteiger partial charge >= 0.3 is 5.97 Å². The topological polar surface area (TPSA) is 35.5 Å². The molecule has 0 aliphatic heterocycles. The van der Waals surface area contributed by atoms with Gasteiger partial charge in [0.15, 0.2) is 0 Å². The molecule has 0 heterocycles. The number of esters is 1.